The molecule has 1 aromatic carbocycles. The number of ether oxygens (including phenoxy) is 1. The Morgan fingerprint density at radius 1 is 1.25 bits per heavy atom. The Morgan fingerprint density at radius 2 is 2.00 bits per heavy atom. The summed E-state index contributed by atoms with van der Waals surface area (Å²) in [7, 11) is 1.72. The van der Waals surface area contributed by atoms with Crippen LogP contribution < -0.4 is 5.32 Å². The molecular formula is C23H31N5O4. The van der Waals surface area contributed by atoms with E-state index in [9.17, 15) is 14.4 Å². The van der Waals surface area contributed by atoms with Gasteiger partial charge in [0.25, 0.3) is 0 Å². The van der Waals surface area contributed by atoms with Gasteiger partial charge < -0.3 is 19.9 Å². The number of nitrogens with zero attached hydrogens (tertiary/aromatic N) is 4. The number of hydrogen-bond acceptors (Lipinski definition) is 5. The molecule has 3 atom stereocenters. The van der Waals surface area contributed by atoms with E-state index >= 15 is 0 Å². The minimum atomic E-state index is -0.791. The van der Waals surface area contributed by atoms with Crippen LogP contribution in [-0.4, -0.2) is 89.3 Å². The second-order valence-electron chi connectivity index (χ2n) is 8.71. The first-order chi connectivity index (χ1) is 15.4. The standard InChI is InChI=1S/C23H31N5O4/c1-16(2)21-22(30)26(13-18-10-7-11-32-18)14-19-27(21)20(29)15-25(3)28(19)23(31)24-12-17-8-5-4-6-9-17/h4-6,8-9,18-19,21H,1,7,10-15H2,2-3H3,(H,24,31)/t18?,19?,21-/m0/s1. The number of fused-ring (bicyclic) bond motifs is 1. The molecule has 3 heterocycles. The number of carbonyl (C=O) groups is 3. The normalized spacial score (nSPS) is 26.3. The van der Waals surface area contributed by atoms with E-state index in [1.807, 2.05) is 30.3 Å². The predicted molar refractivity (Wildman–Crippen MR) is 118 cm³/mol. The fourth-order valence-electron chi connectivity index (χ4n) is 4.72. The number of piperazine rings is 1. The van der Waals surface area contributed by atoms with E-state index in [1.165, 1.54) is 4.90 Å². The van der Waals surface area contributed by atoms with Crippen LogP contribution in [0, 0.1) is 0 Å². The molecule has 0 aromatic heterocycles. The van der Waals surface area contributed by atoms with Gasteiger partial charge in [0.2, 0.25) is 11.8 Å². The molecule has 9 heteroatoms. The fraction of sp³-hybridized carbons (Fsp3) is 0.522. The van der Waals surface area contributed by atoms with Crippen LogP contribution >= 0.6 is 0 Å². The van der Waals surface area contributed by atoms with Crippen molar-refractivity contribution in [1.82, 2.24) is 25.1 Å². The highest BCUT2D eigenvalue weighted by atomic mass is 16.5. The van der Waals surface area contributed by atoms with Crippen molar-refractivity contribution in [2.45, 2.75) is 44.6 Å². The average Bonchev–Trinajstić information content (AvgIpc) is 3.27. The zero-order valence-corrected chi connectivity index (χ0v) is 18.7. The number of carbonyl (C=O) groups excluding carboxylic acids is 3. The van der Waals surface area contributed by atoms with E-state index < -0.39 is 12.2 Å². The quantitative estimate of drug-likeness (QED) is 0.694. The summed E-state index contributed by atoms with van der Waals surface area (Å²) in [5.41, 5.74) is 1.56. The first-order valence-electron chi connectivity index (χ1n) is 11.1. The van der Waals surface area contributed by atoms with Crippen molar-refractivity contribution >= 4 is 17.8 Å². The van der Waals surface area contributed by atoms with Gasteiger partial charge in [-0.25, -0.2) is 14.8 Å². The SMILES string of the molecule is C=C(C)[C@H]1C(=O)N(CC2CCCO2)CC2N1C(=O)CN(C)N2C(=O)NCc1ccccc1. The van der Waals surface area contributed by atoms with E-state index in [2.05, 4.69) is 11.9 Å². The molecule has 3 fully saturated rings. The number of rotatable bonds is 5. The number of hydrazine groups is 1. The number of likely N-dealkylation sites (N-methyl/N-ethyl adjacent to an activating group) is 1. The summed E-state index contributed by atoms with van der Waals surface area (Å²) < 4.78 is 5.74. The minimum absolute atomic E-state index is 0.0120. The third-order valence-electron chi connectivity index (χ3n) is 6.24. The molecule has 4 amide bonds. The van der Waals surface area contributed by atoms with Crippen molar-refractivity contribution in [2.75, 3.05) is 33.3 Å². The predicted octanol–water partition coefficient (Wildman–Crippen LogP) is 1.18. The van der Waals surface area contributed by atoms with Gasteiger partial charge in [0.1, 0.15) is 12.2 Å². The second kappa shape index (κ2) is 9.30. The van der Waals surface area contributed by atoms with E-state index in [-0.39, 0.29) is 37.0 Å². The summed E-state index contributed by atoms with van der Waals surface area (Å²) in [6, 6.07) is 8.54. The summed E-state index contributed by atoms with van der Waals surface area (Å²) in [6.07, 6.45) is 1.24. The average molecular weight is 442 g/mol. The van der Waals surface area contributed by atoms with Crippen LogP contribution in [0.15, 0.2) is 42.5 Å². The van der Waals surface area contributed by atoms with Crippen LogP contribution in [0.2, 0.25) is 0 Å². The van der Waals surface area contributed by atoms with Gasteiger partial charge in [-0.15, -0.1) is 0 Å². The lowest BCUT2D eigenvalue weighted by Crippen LogP contribution is -2.76. The van der Waals surface area contributed by atoms with Gasteiger partial charge in [-0.05, 0) is 30.9 Å². The fourth-order valence-corrected chi connectivity index (χ4v) is 4.72. The highest BCUT2D eigenvalue weighted by Gasteiger charge is 2.51. The largest absolute Gasteiger partial charge is 0.376 e. The Bertz CT molecular complexity index is 886. The van der Waals surface area contributed by atoms with Crippen LogP contribution in [0.3, 0.4) is 0 Å². The first-order valence-corrected chi connectivity index (χ1v) is 11.1. The number of urea groups is 1. The van der Waals surface area contributed by atoms with Crippen LogP contribution in [0.4, 0.5) is 4.79 Å². The second-order valence-corrected chi connectivity index (χ2v) is 8.71. The highest BCUT2D eigenvalue weighted by Crippen LogP contribution is 2.29. The number of amides is 4. The third-order valence-corrected chi connectivity index (χ3v) is 6.24. The first kappa shape index (κ1) is 22.3. The number of benzene rings is 1. The molecule has 0 aliphatic carbocycles. The van der Waals surface area contributed by atoms with E-state index in [0.717, 1.165) is 18.4 Å². The van der Waals surface area contributed by atoms with Gasteiger partial charge in [0, 0.05) is 26.7 Å². The van der Waals surface area contributed by atoms with Crippen molar-refractivity contribution in [3.8, 4) is 0 Å². The Balaban J connectivity index is 1.57. The zero-order valence-electron chi connectivity index (χ0n) is 18.7. The lowest BCUT2D eigenvalue weighted by atomic mass is 10.0. The summed E-state index contributed by atoms with van der Waals surface area (Å²) >= 11 is 0. The molecule has 1 N–H and O–H groups in total. The highest BCUT2D eigenvalue weighted by molar-refractivity contribution is 5.93. The lowest BCUT2D eigenvalue weighted by Gasteiger charge is -2.54. The van der Waals surface area contributed by atoms with Crippen LogP contribution in [-0.2, 0) is 20.9 Å². The topological polar surface area (TPSA) is 85.4 Å². The smallest absolute Gasteiger partial charge is 0.334 e. The molecule has 1 aromatic rings. The molecule has 0 spiro atoms. The maximum Gasteiger partial charge on any atom is 0.334 e. The van der Waals surface area contributed by atoms with E-state index in [0.29, 0.717) is 25.3 Å². The van der Waals surface area contributed by atoms with Crippen LogP contribution in [0.5, 0.6) is 0 Å². The maximum absolute atomic E-state index is 13.3. The van der Waals surface area contributed by atoms with Gasteiger partial charge in [0.05, 0.1) is 19.2 Å². The molecule has 9 nitrogen and oxygen atoms in total. The van der Waals surface area contributed by atoms with Crippen molar-refractivity contribution in [3.05, 3.63) is 48.0 Å². The van der Waals surface area contributed by atoms with Crippen LogP contribution in [0.1, 0.15) is 25.3 Å². The Hall–Kier alpha value is -2.91. The molecular weight excluding hydrogens is 410 g/mol. The molecule has 32 heavy (non-hydrogen) atoms. The molecule has 2 unspecified atom stereocenters. The monoisotopic (exact) mass is 441 g/mol. The van der Waals surface area contributed by atoms with Crippen molar-refractivity contribution in [1.29, 1.82) is 0 Å². The van der Waals surface area contributed by atoms with Gasteiger partial charge >= 0.3 is 6.03 Å². The lowest BCUT2D eigenvalue weighted by molar-refractivity contribution is -0.185. The molecule has 0 radical (unpaired) electrons. The summed E-state index contributed by atoms with van der Waals surface area (Å²) in [4.78, 5) is 42.8. The molecule has 3 aliphatic rings. The number of nitrogens with one attached hydrogen (secondary N) is 1. The molecule has 3 saturated heterocycles. The molecule has 0 bridgehead atoms. The number of hydrogen-bond donors (Lipinski definition) is 1. The molecule has 0 saturated carbocycles. The van der Waals surface area contributed by atoms with E-state index in [4.69, 9.17) is 4.74 Å². The summed E-state index contributed by atoms with van der Waals surface area (Å²) in [5, 5.41) is 6.12. The van der Waals surface area contributed by atoms with Crippen molar-refractivity contribution < 1.29 is 19.1 Å². The van der Waals surface area contributed by atoms with E-state index in [1.54, 1.807) is 28.9 Å². The van der Waals surface area contributed by atoms with Gasteiger partial charge in [0.15, 0.2) is 0 Å². The third kappa shape index (κ3) is 4.35. The molecule has 4 rings (SSSR count). The maximum atomic E-state index is 13.3. The van der Waals surface area contributed by atoms with Gasteiger partial charge in [-0.1, -0.05) is 36.9 Å². The summed E-state index contributed by atoms with van der Waals surface area (Å²) in [6.45, 7) is 7.49. The summed E-state index contributed by atoms with van der Waals surface area (Å²) in [5.74, 6) is -0.352. The minimum Gasteiger partial charge on any atom is -0.376 e. The van der Waals surface area contributed by atoms with Gasteiger partial charge in [-0.2, -0.15) is 0 Å². The Morgan fingerprint density at radius 3 is 2.66 bits per heavy atom. The molecule has 172 valence electrons. The van der Waals surface area contributed by atoms with Crippen molar-refractivity contribution in [2.24, 2.45) is 0 Å². The van der Waals surface area contributed by atoms with Gasteiger partial charge in [-0.3, -0.25) is 9.59 Å². The van der Waals surface area contributed by atoms with Crippen LogP contribution in [0.25, 0.3) is 0 Å². The Labute approximate surface area is 188 Å². The Kier molecular flexibility index (Phi) is 6.48. The van der Waals surface area contributed by atoms with Crippen molar-refractivity contribution in [3.63, 3.8) is 0 Å². The molecule has 3 aliphatic heterocycles. The zero-order chi connectivity index (χ0) is 22.8.